The summed E-state index contributed by atoms with van der Waals surface area (Å²) >= 11 is 0. The maximum absolute atomic E-state index is 6.61. The molecule has 4 rings (SSSR count). The molecule has 2 heterocycles. The normalized spacial score (nSPS) is 18.2. The lowest BCUT2D eigenvalue weighted by Gasteiger charge is -2.30. The molecule has 2 atom stereocenters. The number of hydrogen-bond donors (Lipinski definition) is 0. The van der Waals surface area contributed by atoms with Gasteiger partial charge < -0.3 is 9.47 Å². The Morgan fingerprint density at radius 1 is 0.949 bits per heavy atom. The summed E-state index contributed by atoms with van der Waals surface area (Å²) < 4.78 is 14.9. The Labute approximate surface area is 236 Å². The molecular weight excluding hydrogens is 478 g/mol. The average Bonchev–Trinajstić information content (AvgIpc) is 2.94. The van der Waals surface area contributed by atoms with Crippen LogP contribution in [0.1, 0.15) is 96.6 Å². The molecule has 1 aromatic heterocycles. The fourth-order valence-electron chi connectivity index (χ4n) is 5.81. The Morgan fingerprint density at radius 2 is 1.67 bits per heavy atom. The molecule has 0 fully saturated rings. The van der Waals surface area contributed by atoms with Crippen LogP contribution in [0.4, 0.5) is 0 Å². The van der Waals surface area contributed by atoms with Gasteiger partial charge in [-0.2, -0.15) is 4.57 Å². The molecule has 0 saturated carbocycles. The molecule has 2 aromatic carbocycles. The van der Waals surface area contributed by atoms with E-state index >= 15 is 0 Å². The van der Waals surface area contributed by atoms with Crippen molar-refractivity contribution in [2.75, 3.05) is 6.61 Å². The van der Waals surface area contributed by atoms with Crippen LogP contribution in [0.5, 0.6) is 0 Å². The molecule has 3 heteroatoms. The Balaban J connectivity index is 1.87. The molecule has 39 heavy (non-hydrogen) atoms. The van der Waals surface area contributed by atoms with Crippen molar-refractivity contribution < 1.29 is 14.0 Å². The van der Waals surface area contributed by atoms with Gasteiger partial charge in [-0.25, -0.2) is 0 Å². The number of unbranched alkanes of at least 4 members (excludes halogenated alkanes) is 1. The van der Waals surface area contributed by atoms with Crippen LogP contribution in [-0.4, -0.2) is 12.7 Å². The topological polar surface area (TPSA) is 22.3 Å². The van der Waals surface area contributed by atoms with E-state index in [0.29, 0.717) is 6.61 Å². The van der Waals surface area contributed by atoms with Gasteiger partial charge in [0.05, 0.1) is 30.5 Å². The van der Waals surface area contributed by atoms with E-state index in [0.717, 1.165) is 31.4 Å². The summed E-state index contributed by atoms with van der Waals surface area (Å²) in [5.41, 5.74) is 9.22. The number of allylic oxidation sites excluding steroid dienone is 1. The first kappa shape index (κ1) is 29.1. The van der Waals surface area contributed by atoms with Crippen molar-refractivity contribution in [3.63, 3.8) is 0 Å². The SMILES string of the molecule is CCCCc1ccc(-c2ccc(C(C)(CC)CC)c(-c3c(C)ccc[n+]3C3CCOC(C)=CC(C)O3)c2)cc1. The minimum Gasteiger partial charge on any atom is -0.498 e. The zero-order valence-electron chi connectivity index (χ0n) is 25.2. The van der Waals surface area contributed by atoms with Gasteiger partial charge in [0.1, 0.15) is 0 Å². The van der Waals surface area contributed by atoms with Crippen molar-refractivity contribution in [1.29, 1.82) is 0 Å². The van der Waals surface area contributed by atoms with E-state index in [-0.39, 0.29) is 17.7 Å². The molecule has 0 aliphatic carbocycles. The molecule has 0 amide bonds. The lowest BCUT2D eigenvalue weighted by molar-refractivity contribution is -0.756. The van der Waals surface area contributed by atoms with Gasteiger partial charge in [-0.15, -0.1) is 0 Å². The van der Waals surface area contributed by atoms with Gasteiger partial charge in [0.15, 0.2) is 6.20 Å². The highest BCUT2D eigenvalue weighted by Gasteiger charge is 2.33. The van der Waals surface area contributed by atoms with E-state index in [9.17, 15) is 0 Å². The summed E-state index contributed by atoms with van der Waals surface area (Å²) in [6.45, 7) is 16.3. The number of aryl methyl sites for hydroxylation is 2. The third kappa shape index (κ3) is 6.64. The van der Waals surface area contributed by atoms with E-state index < -0.39 is 0 Å². The van der Waals surface area contributed by atoms with E-state index in [1.54, 1.807) is 0 Å². The molecule has 208 valence electrons. The van der Waals surface area contributed by atoms with Crippen molar-refractivity contribution >= 4 is 0 Å². The second-order valence-corrected chi connectivity index (χ2v) is 11.5. The highest BCUT2D eigenvalue weighted by molar-refractivity contribution is 5.75. The predicted molar refractivity (Wildman–Crippen MR) is 163 cm³/mol. The lowest BCUT2D eigenvalue weighted by atomic mass is 9.74. The summed E-state index contributed by atoms with van der Waals surface area (Å²) in [5.74, 6) is 0.938. The van der Waals surface area contributed by atoms with Crippen molar-refractivity contribution in [1.82, 2.24) is 0 Å². The van der Waals surface area contributed by atoms with Crippen molar-refractivity contribution in [3.8, 4) is 22.4 Å². The summed E-state index contributed by atoms with van der Waals surface area (Å²) in [7, 11) is 0. The van der Waals surface area contributed by atoms with Crippen LogP contribution in [-0.2, 0) is 21.3 Å². The fraction of sp³-hybridized carbons (Fsp3) is 0.472. The third-order valence-electron chi connectivity index (χ3n) is 8.66. The molecule has 0 N–H and O–H groups in total. The van der Waals surface area contributed by atoms with E-state index in [1.807, 2.05) is 6.92 Å². The van der Waals surface area contributed by atoms with Crippen LogP contribution in [0.25, 0.3) is 22.4 Å². The van der Waals surface area contributed by atoms with Gasteiger partial charge in [0.25, 0.3) is 6.23 Å². The van der Waals surface area contributed by atoms with Crippen LogP contribution in [0.2, 0.25) is 0 Å². The van der Waals surface area contributed by atoms with E-state index in [2.05, 4.69) is 113 Å². The predicted octanol–water partition coefficient (Wildman–Crippen LogP) is 9.26. The molecule has 3 nitrogen and oxygen atoms in total. The van der Waals surface area contributed by atoms with Crippen molar-refractivity contribution in [3.05, 3.63) is 89.3 Å². The van der Waals surface area contributed by atoms with Crippen LogP contribution in [0, 0.1) is 6.92 Å². The molecular formula is C36H48NO2+. The lowest BCUT2D eigenvalue weighted by Crippen LogP contribution is -2.45. The van der Waals surface area contributed by atoms with Gasteiger partial charge in [-0.1, -0.05) is 70.5 Å². The third-order valence-corrected chi connectivity index (χ3v) is 8.66. The fourth-order valence-corrected chi connectivity index (χ4v) is 5.81. The summed E-state index contributed by atoms with van der Waals surface area (Å²) in [6, 6.07) is 20.7. The Bertz CT molecular complexity index is 1270. The Kier molecular flexibility index (Phi) is 9.67. The van der Waals surface area contributed by atoms with Crippen molar-refractivity contribution in [2.24, 2.45) is 0 Å². The van der Waals surface area contributed by atoms with Gasteiger partial charge >= 0.3 is 0 Å². The number of rotatable bonds is 9. The second-order valence-electron chi connectivity index (χ2n) is 11.5. The van der Waals surface area contributed by atoms with Gasteiger partial charge in [0.2, 0.25) is 5.69 Å². The molecule has 1 aliphatic heterocycles. The second kappa shape index (κ2) is 13.0. The first-order valence-electron chi connectivity index (χ1n) is 15.0. The summed E-state index contributed by atoms with van der Waals surface area (Å²) in [6.07, 6.45) is 10.7. The van der Waals surface area contributed by atoms with Crippen LogP contribution in [0.15, 0.2) is 72.6 Å². The highest BCUT2D eigenvalue weighted by atomic mass is 16.5. The zero-order valence-corrected chi connectivity index (χ0v) is 25.2. The number of nitrogens with zero attached hydrogens (tertiary/aromatic N) is 1. The minimum atomic E-state index is -0.108. The summed E-state index contributed by atoms with van der Waals surface area (Å²) in [5, 5.41) is 0. The highest BCUT2D eigenvalue weighted by Crippen LogP contribution is 2.40. The largest absolute Gasteiger partial charge is 0.498 e. The monoisotopic (exact) mass is 526 g/mol. The average molecular weight is 527 g/mol. The van der Waals surface area contributed by atoms with Gasteiger partial charge in [-0.3, -0.25) is 0 Å². The smallest absolute Gasteiger partial charge is 0.266 e. The molecule has 2 unspecified atom stereocenters. The summed E-state index contributed by atoms with van der Waals surface area (Å²) in [4.78, 5) is 0. The van der Waals surface area contributed by atoms with E-state index in [4.69, 9.17) is 9.47 Å². The Morgan fingerprint density at radius 3 is 2.36 bits per heavy atom. The Hall–Kier alpha value is -2.91. The number of hydrogen-bond acceptors (Lipinski definition) is 2. The molecule has 0 spiro atoms. The standard InChI is InChI=1S/C36H48NO2/c1-8-11-14-29-15-17-30(18-16-29)31-19-20-33(36(7,9-2)10-3)32(25-31)35-26(4)13-12-22-37(35)34-21-23-38-27(5)24-28(6)39-34/h12-13,15-20,22,24-25,28,34H,8-11,14,21,23H2,1-7H3/q+1. The maximum atomic E-state index is 6.61. The van der Waals surface area contributed by atoms with Crippen LogP contribution < -0.4 is 4.57 Å². The number of aromatic nitrogens is 1. The van der Waals surface area contributed by atoms with Crippen LogP contribution >= 0.6 is 0 Å². The number of benzene rings is 2. The van der Waals surface area contributed by atoms with Gasteiger partial charge in [-0.05, 0) is 92.3 Å². The molecule has 1 aliphatic rings. The molecule has 0 radical (unpaired) electrons. The molecule has 0 saturated heterocycles. The first-order chi connectivity index (χ1) is 18.8. The maximum Gasteiger partial charge on any atom is 0.266 e. The van der Waals surface area contributed by atoms with Crippen molar-refractivity contribution in [2.45, 2.75) is 105 Å². The number of pyridine rings is 1. The molecule has 0 bridgehead atoms. The van der Waals surface area contributed by atoms with Crippen LogP contribution in [0.3, 0.4) is 0 Å². The first-order valence-corrected chi connectivity index (χ1v) is 15.0. The molecule has 3 aromatic rings. The van der Waals surface area contributed by atoms with E-state index in [1.165, 1.54) is 51.9 Å². The minimum absolute atomic E-state index is 0.0234. The quantitative estimate of drug-likeness (QED) is 0.259. The zero-order chi connectivity index (χ0) is 28.0. The number of ether oxygens (including phenoxy) is 2. The van der Waals surface area contributed by atoms with Gasteiger partial charge in [0, 0.05) is 11.6 Å².